The van der Waals surface area contributed by atoms with Crippen molar-refractivity contribution in [2.75, 3.05) is 7.05 Å². The van der Waals surface area contributed by atoms with Crippen LogP contribution >= 0.6 is 22.9 Å². The third-order valence-corrected chi connectivity index (χ3v) is 3.83. The van der Waals surface area contributed by atoms with E-state index < -0.39 is 0 Å². The van der Waals surface area contributed by atoms with Crippen molar-refractivity contribution < 1.29 is 0 Å². The van der Waals surface area contributed by atoms with E-state index in [1.807, 2.05) is 19.2 Å². The highest BCUT2D eigenvalue weighted by molar-refractivity contribution is 7.10. The molecule has 1 aromatic heterocycles. The Balaban J connectivity index is 2.41. The summed E-state index contributed by atoms with van der Waals surface area (Å²) in [6.45, 7) is 2.10. The van der Waals surface area contributed by atoms with Crippen molar-refractivity contribution in [3.8, 4) is 0 Å². The number of aryl methyl sites for hydroxylation is 1. The van der Waals surface area contributed by atoms with E-state index in [9.17, 15) is 0 Å². The molecular weight excluding hydrogens is 238 g/mol. The van der Waals surface area contributed by atoms with Gasteiger partial charge >= 0.3 is 0 Å². The minimum absolute atomic E-state index is 0.261. The summed E-state index contributed by atoms with van der Waals surface area (Å²) in [6.07, 6.45) is 0. The number of benzene rings is 1. The molecule has 1 heterocycles. The van der Waals surface area contributed by atoms with E-state index >= 15 is 0 Å². The molecule has 0 amide bonds. The molecule has 0 saturated heterocycles. The van der Waals surface area contributed by atoms with E-state index in [2.05, 4.69) is 35.8 Å². The Morgan fingerprint density at radius 2 is 2.12 bits per heavy atom. The van der Waals surface area contributed by atoms with Crippen molar-refractivity contribution in [1.29, 1.82) is 0 Å². The van der Waals surface area contributed by atoms with Gasteiger partial charge in [-0.25, -0.2) is 0 Å². The fourth-order valence-corrected chi connectivity index (χ4v) is 2.95. The van der Waals surface area contributed by atoms with Crippen LogP contribution in [0.3, 0.4) is 0 Å². The van der Waals surface area contributed by atoms with Crippen LogP contribution < -0.4 is 5.32 Å². The van der Waals surface area contributed by atoms with Crippen molar-refractivity contribution in [3.05, 3.63) is 56.7 Å². The SMILES string of the molecule is CNC(c1cccs1)c1ccc(Cl)cc1C. The summed E-state index contributed by atoms with van der Waals surface area (Å²) in [5.41, 5.74) is 2.51. The molecule has 0 aliphatic heterocycles. The van der Waals surface area contributed by atoms with Gasteiger partial charge in [0.05, 0.1) is 6.04 Å². The van der Waals surface area contributed by atoms with Gasteiger partial charge in [0.25, 0.3) is 0 Å². The first kappa shape index (κ1) is 11.6. The summed E-state index contributed by atoms with van der Waals surface area (Å²) < 4.78 is 0. The van der Waals surface area contributed by atoms with Gasteiger partial charge in [0, 0.05) is 9.90 Å². The molecule has 0 aliphatic carbocycles. The van der Waals surface area contributed by atoms with Crippen LogP contribution in [0.5, 0.6) is 0 Å². The highest BCUT2D eigenvalue weighted by Gasteiger charge is 2.14. The molecule has 0 saturated carbocycles. The largest absolute Gasteiger partial charge is 0.309 e. The lowest BCUT2D eigenvalue weighted by Crippen LogP contribution is -2.17. The first-order chi connectivity index (χ1) is 7.72. The maximum Gasteiger partial charge on any atom is 0.0671 e. The fourth-order valence-electron chi connectivity index (χ4n) is 1.87. The quantitative estimate of drug-likeness (QED) is 0.869. The summed E-state index contributed by atoms with van der Waals surface area (Å²) in [6, 6.07) is 10.5. The molecule has 2 rings (SSSR count). The van der Waals surface area contributed by atoms with Crippen LogP contribution in [0.15, 0.2) is 35.7 Å². The minimum atomic E-state index is 0.261. The lowest BCUT2D eigenvalue weighted by molar-refractivity contribution is 0.699. The Kier molecular flexibility index (Phi) is 3.64. The summed E-state index contributed by atoms with van der Waals surface area (Å²) in [4.78, 5) is 1.33. The molecule has 3 heteroatoms. The molecule has 1 atom stereocenters. The third kappa shape index (κ3) is 2.29. The van der Waals surface area contributed by atoms with Gasteiger partial charge < -0.3 is 5.32 Å². The first-order valence-corrected chi connectivity index (χ1v) is 6.45. The van der Waals surface area contributed by atoms with Crippen molar-refractivity contribution in [2.45, 2.75) is 13.0 Å². The van der Waals surface area contributed by atoms with Gasteiger partial charge in [-0.2, -0.15) is 0 Å². The lowest BCUT2D eigenvalue weighted by atomic mass is 10.0. The van der Waals surface area contributed by atoms with E-state index in [1.165, 1.54) is 16.0 Å². The van der Waals surface area contributed by atoms with Gasteiger partial charge in [-0.05, 0) is 48.7 Å². The molecule has 84 valence electrons. The number of hydrogen-bond acceptors (Lipinski definition) is 2. The molecular formula is C13H14ClNS. The predicted octanol–water partition coefficient (Wildman–Crippen LogP) is 4.02. The van der Waals surface area contributed by atoms with Gasteiger partial charge in [-0.3, -0.25) is 0 Å². The molecule has 16 heavy (non-hydrogen) atoms. The molecule has 0 fully saturated rings. The van der Waals surface area contributed by atoms with Gasteiger partial charge in [0.15, 0.2) is 0 Å². The monoisotopic (exact) mass is 251 g/mol. The van der Waals surface area contributed by atoms with Gasteiger partial charge in [0.1, 0.15) is 0 Å². The maximum atomic E-state index is 5.97. The van der Waals surface area contributed by atoms with Crippen molar-refractivity contribution >= 4 is 22.9 Å². The van der Waals surface area contributed by atoms with Crippen LogP contribution in [-0.4, -0.2) is 7.05 Å². The second kappa shape index (κ2) is 5.00. The van der Waals surface area contributed by atoms with Crippen LogP contribution in [-0.2, 0) is 0 Å². The molecule has 1 aromatic carbocycles. The highest BCUT2D eigenvalue weighted by atomic mass is 35.5. The van der Waals surface area contributed by atoms with E-state index in [1.54, 1.807) is 11.3 Å². The first-order valence-electron chi connectivity index (χ1n) is 5.19. The van der Waals surface area contributed by atoms with Crippen LogP contribution in [0.1, 0.15) is 22.0 Å². The van der Waals surface area contributed by atoms with Gasteiger partial charge in [-0.1, -0.05) is 23.7 Å². The van der Waals surface area contributed by atoms with Crippen LogP contribution in [0.4, 0.5) is 0 Å². The van der Waals surface area contributed by atoms with Gasteiger partial charge in [-0.15, -0.1) is 11.3 Å². The summed E-state index contributed by atoms with van der Waals surface area (Å²) in [5, 5.41) is 6.24. The molecule has 1 unspecified atom stereocenters. The smallest absolute Gasteiger partial charge is 0.0671 e. The van der Waals surface area contributed by atoms with E-state index in [0.717, 1.165) is 5.02 Å². The van der Waals surface area contributed by atoms with Gasteiger partial charge in [0.2, 0.25) is 0 Å². The Morgan fingerprint density at radius 1 is 1.31 bits per heavy atom. The average molecular weight is 252 g/mol. The zero-order valence-electron chi connectivity index (χ0n) is 9.33. The standard InChI is InChI=1S/C13H14ClNS/c1-9-8-10(14)5-6-11(9)13(15-2)12-4-3-7-16-12/h3-8,13,15H,1-2H3. The number of thiophene rings is 1. The number of rotatable bonds is 3. The number of halogens is 1. The number of nitrogens with one attached hydrogen (secondary N) is 1. The Hall–Kier alpha value is -0.830. The van der Waals surface area contributed by atoms with Crippen LogP contribution in [0.25, 0.3) is 0 Å². The zero-order chi connectivity index (χ0) is 11.5. The summed E-state index contributed by atoms with van der Waals surface area (Å²) in [7, 11) is 1.98. The maximum absolute atomic E-state index is 5.97. The zero-order valence-corrected chi connectivity index (χ0v) is 10.9. The summed E-state index contributed by atoms with van der Waals surface area (Å²) >= 11 is 7.74. The predicted molar refractivity (Wildman–Crippen MR) is 71.4 cm³/mol. The number of hydrogen-bond donors (Lipinski definition) is 1. The Morgan fingerprint density at radius 3 is 2.69 bits per heavy atom. The molecule has 0 spiro atoms. The highest BCUT2D eigenvalue weighted by Crippen LogP contribution is 2.29. The molecule has 0 radical (unpaired) electrons. The summed E-state index contributed by atoms with van der Waals surface area (Å²) in [5.74, 6) is 0. The second-order valence-corrected chi connectivity index (χ2v) is 5.15. The average Bonchev–Trinajstić information content (AvgIpc) is 2.75. The molecule has 0 bridgehead atoms. The van der Waals surface area contributed by atoms with E-state index in [0.29, 0.717) is 0 Å². The normalized spacial score (nSPS) is 12.7. The molecule has 2 aromatic rings. The van der Waals surface area contributed by atoms with Crippen molar-refractivity contribution in [2.24, 2.45) is 0 Å². The molecule has 1 N–H and O–H groups in total. The lowest BCUT2D eigenvalue weighted by Gasteiger charge is -2.17. The second-order valence-electron chi connectivity index (χ2n) is 3.74. The van der Waals surface area contributed by atoms with Crippen LogP contribution in [0, 0.1) is 6.92 Å². The topological polar surface area (TPSA) is 12.0 Å². The van der Waals surface area contributed by atoms with E-state index in [4.69, 9.17) is 11.6 Å². The molecule has 1 nitrogen and oxygen atoms in total. The minimum Gasteiger partial charge on any atom is -0.309 e. The van der Waals surface area contributed by atoms with Crippen LogP contribution in [0.2, 0.25) is 5.02 Å². The van der Waals surface area contributed by atoms with Crippen molar-refractivity contribution in [1.82, 2.24) is 5.32 Å². The fraction of sp³-hybridized carbons (Fsp3) is 0.231. The third-order valence-electron chi connectivity index (χ3n) is 2.66. The Labute approximate surface area is 105 Å². The van der Waals surface area contributed by atoms with E-state index in [-0.39, 0.29) is 6.04 Å². The molecule has 0 aliphatic rings. The van der Waals surface area contributed by atoms with Crippen molar-refractivity contribution in [3.63, 3.8) is 0 Å². The Bertz CT molecular complexity index is 465.